The van der Waals surface area contributed by atoms with Crippen LogP contribution in [0.1, 0.15) is 50.7 Å². The number of unbranched alkanes of at least 4 members (excludes halogenated alkanes) is 2. The summed E-state index contributed by atoms with van der Waals surface area (Å²) in [6.45, 7) is 4.19. The topological polar surface area (TPSA) is 84.5 Å². The third-order valence-corrected chi connectivity index (χ3v) is 7.58. The number of carbonyl (C=O) groups excluding carboxylic acids is 1. The lowest BCUT2D eigenvalue weighted by molar-refractivity contribution is 0.207. The van der Waals surface area contributed by atoms with Gasteiger partial charge in [0.05, 0.1) is 5.69 Å². The van der Waals surface area contributed by atoms with Crippen molar-refractivity contribution in [3.05, 3.63) is 108 Å². The van der Waals surface area contributed by atoms with E-state index in [0.717, 1.165) is 60.8 Å². The summed E-state index contributed by atoms with van der Waals surface area (Å²) in [6.07, 6.45) is 4.23. The summed E-state index contributed by atoms with van der Waals surface area (Å²) >= 11 is 0. The normalized spacial score (nSPS) is 11.2. The quantitative estimate of drug-likeness (QED) is 0.184. The monoisotopic (exact) mass is 556 g/mol. The maximum absolute atomic E-state index is 13.2. The summed E-state index contributed by atoms with van der Waals surface area (Å²) in [7, 11) is -4.28. The number of nitrogens with one attached hydrogen (secondary N) is 2. The van der Waals surface area contributed by atoms with Crippen LogP contribution in [-0.4, -0.2) is 14.5 Å². The van der Waals surface area contributed by atoms with Crippen molar-refractivity contribution in [2.75, 3.05) is 4.72 Å². The molecule has 0 bridgehead atoms. The third kappa shape index (κ3) is 7.51. The molecule has 0 atom stereocenters. The van der Waals surface area contributed by atoms with Gasteiger partial charge in [-0.3, -0.25) is 4.72 Å². The molecule has 0 saturated carbocycles. The minimum absolute atomic E-state index is 0.277. The minimum atomic E-state index is -4.28. The number of amides is 1. The van der Waals surface area contributed by atoms with Crippen molar-refractivity contribution in [3.63, 3.8) is 0 Å². The van der Waals surface area contributed by atoms with E-state index in [-0.39, 0.29) is 5.75 Å². The fourth-order valence-electron chi connectivity index (χ4n) is 4.66. The molecule has 0 saturated heterocycles. The van der Waals surface area contributed by atoms with Gasteiger partial charge < -0.3 is 4.74 Å². The van der Waals surface area contributed by atoms with E-state index in [1.54, 1.807) is 0 Å². The Hall–Kier alpha value is -4.10. The summed E-state index contributed by atoms with van der Waals surface area (Å²) in [5, 5.41) is 0. The Kier molecular flexibility index (Phi) is 9.97. The van der Waals surface area contributed by atoms with Crippen LogP contribution in [0.25, 0.3) is 22.3 Å². The van der Waals surface area contributed by atoms with Crippen LogP contribution in [0, 0.1) is 0 Å². The largest absolute Gasteiger partial charge is 0.427 e. The first kappa shape index (κ1) is 28.9. The molecule has 2 N–H and O–H groups in total. The molecule has 40 heavy (non-hydrogen) atoms. The Balaban J connectivity index is 1.63. The molecule has 0 radical (unpaired) electrons. The first-order valence-electron chi connectivity index (χ1n) is 13.8. The smallest absolute Gasteiger partial charge is 0.408 e. The molecule has 0 spiro atoms. The van der Waals surface area contributed by atoms with E-state index in [4.69, 9.17) is 4.74 Å². The van der Waals surface area contributed by atoms with Crippen LogP contribution in [0.4, 0.5) is 10.5 Å². The second-order valence-corrected chi connectivity index (χ2v) is 11.1. The molecule has 0 fully saturated rings. The number of para-hydroxylation sites is 2. The molecule has 208 valence electrons. The Bertz CT molecular complexity index is 1440. The van der Waals surface area contributed by atoms with Crippen molar-refractivity contribution >= 4 is 22.0 Å². The van der Waals surface area contributed by atoms with E-state index in [2.05, 4.69) is 23.3 Å². The van der Waals surface area contributed by atoms with Crippen LogP contribution >= 0.6 is 0 Å². The van der Waals surface area contributed by atoms with Crippen molar-refractivity contribution in [2.45, 2.75) is 52.4 Å². The molecule has 0 aliphatic heterocycles. The molecule has 0 aliphatic carbocycles. The molecule has 0 aliphatic rings. The highest BCUT2D eigenvalue weighted by Gasteiger charge is 2.22. The van der Waals surface area contributed by atoms with Gasteiger partial charge in [0.25, 0.3) is 0 Å². The van der Waals surface area contributed by atoms with Gasteiger partial charge in [-0.25, -0.2) is 9.52 Å². The average molecular weight is 557 g/mol. The van der Waals surface area contributed by atoms with E-state index in [1.165, 1.54) is 0 Å². The van der Waals surface area contributed by atoms with Crippen molar-refractivity contribution in [1.82, 2.24) is 4.72 Å². The van der Waals surface area contributed by atoms with E-state index in [0.29, 0.717) is 16.8 Å². The molecule has 0 aromatic heterocycles. The average Bonchev–Trinajstić information content (AvgIpc) is 2.96. The summed E-state index contributed by atoms with van der Waals surface area (Å²) in [5.74, 6) is 0.277. The molecule has 7 heteroatoms. The Labute approximate surface area is 237 Å². The number of rotatable bonds is 12. The lowest BCUT2D eigenvalue weighted by Crippen LogP contribution is -2.37. The number of aryl methyl sites for hydroxylation is 2. The number of hydrogen-bond acceptors (Lipinski definition) is 4. The predicted molar refractivity (Wildman–Crippen MR) is 163 cm³/mol. The number of ether oxygens (including phenoxy) is 1. The van der Waals surface area contributed by atoms with Gasteiger partial charge in [-0.2, -0.15) is 8.42 Å². The van der Waals surface area contributed by atoms with Crippen LogP contribution in [0.3, 0.4) is 0 Å². The first-order valence-corrected chi connectivity index (χ1v) is 15.3. The summed E-state index contributed by atoms with van der Waals surface area (Å²) < 4.78 is 37.0. The zero-order valence-corrected chi connectivity index (χ0v) is 23.8. The van der Waals surface area contributed by atoms with Gasteiger partial charge in [-0.1, -0.05) is 124 Å². The second-order valence-electron chi connectivity index (χ2n) is 9.67. The maximum Gasteiger partial charge on any atom is 0.427 e. The van der Waals surface area contributed by atoms with E-state index in [9.17, 15) is 13.2 Å². The van der Waals surface area contributed by atoms with Crippen LogP contribution in [-0.2, 0) is 23.1 Å². The Morgan fingerprint density at radius 3 is 1.62 bits per heavy atom. The van der Waals surface area contributed by atoms with Crippen molar-refractivity contribution in [3.8, 4) is 28.0 Å². The van der Waals surface area contributed by atoms with Crippen LogP contribution < -0.4 is 14.2 Å². The Morgan fingerprint density at radius 2 is 1.15 bits per heavy atom. The predicted octanol–water partition coefficient (Wildman–Crippen LogP) is 8.15. The molecular weight excluding hydrogens is 520 g/mol. The fraction of sp³-hybridized carbons (Fsp3) is 0.242. The lowest BCUT2D eigenvalue weighted by Gasteiger charge is -2.18. The summed E-state index contributed by atoms with van der Waals surface area (Å²) in [6, 6.07) is 30.5. The van der Waals surface area contributed by atoms with Crippen LogP contribution in [0.5, 0.6) is 5.75 Å². The molecule has 4 aromatic rings. The van der Waals surface area contributed by atoms with Gasteiger partial charge in [-0.05, 0) is 47.9 Å². The second kappa shape index (κ2) is 13.8. The van der Waals surface area contributed by atoms with Gasteiger partial charge in [0.2, 0.25) is 0 Å². The third-order valence-electron chi connectivity index (χ3n) is 6.67. The zero-order valence-electron chi connectivity index (χ0n) is 23.0. The molecule has 4 rings (SSSR count). The zero-order chi connectivity index (χ0) is 28.4. The molecule has 1 amide bonds. The summed E-state index contributed by atoms with van der Waals surface area (Å²) in [4.78, 5) is 13.1. The maximum atomic E-state index is 13.2. The van der Waals surface area contributed by atoms with E-state index in [1.807, 2.05) is 97.1 Å². The van der Waals surface area contributed by atoms with Crippen molar-refractivity contribution in [2.24, 2.45) is 0 Å². The highest BCUT2D eigenvalue weighted by molar-refractivity contribution is 7.91. The fourth-order valence-corrected chi connectivity index (χ4v) is 5.50. The van der Waals surface area contributed by atoms with Gasteiger partial charge >= 0.3 is 16.3 Å². The van der Waals surface area contributed by atoms with Gasteiger partial charge in [0.1, 0.15) is 5.75 Å². The summed E-state index contributed by atoms with van der Waals surface area (Å²) in [5.41, 5.74) is 5.40. The number of benzene rings is 4. The SMILES string of the molecule is CCCCc1cccc(CCCC)c1NS(=O)(=O)NC(=O)Oc1c(-c2ccccc2)cccc1-c1ccccc1. The minimum Gasteiger partial charge on any atom is -0.408 e. The lowest BCUT2D eigenvalue weighted by atomic mass is 9.97. The molecular formula is C33H36N2O4S. The molecule has 6 nitrogen and oxygen atoms in total. The standard InChI is InChI=1S/C33H36N2O4S/c1-3-5-15-27-21-13-22-28(16-6-4-2)31(27)34-40(37,38)35-33(36)39-32-29(25-17-9-7-10-18-25)23-14-24-30(32)26-19-11-8-12-20-26/h7-14,17-24,34H,3-6,15-16H2,1-2H3,(H,35,36). The number of hydrogen-bond donors (Lipinski definition) is 2. The van der Waals surface area contributed by atoms with E-state index < -0.39 is 16.3 Å². The van der Waals surface area contributed by atoms with Gasteiger partial charge in [0.15, 0.2) is 0 Å². The molecule has 0 heterocycles. The van der Waals surface area contributed by atoms with Crippen LogP contribution in [0.15, 0.2) is 97.1 Å². The highest BCUT2D eigenvalue weighted by atomic mass is 32.2. The molecule has 4 aromatic carbocycles. The van der Waals surface area contributed by atoms with E-state index >= 15 is 0 Å². The highest BCUT2D eigenvalue weighted by Crippen LogP contribution is 2.39. The first-order chi connectivity index (χ1) is 19.4. The number of carbonyl (C=O) groups is 1. The van der Waals surface area contributed by atoms with Gasteiger partial charge in [0, 0.05) is 11.1 Å². The Morgan fingerprint density at radius 1 is 0.675 bits per heavy atom. The molecule has 0 unspecified atom stereocenters. The number of anilines is 1. The van der Waals surface area contributed by atoms with Crippen molar-refractivity contribution < 1.29 is 17.9 Å². The van der Waals surface area contributed by atoms with Gasteiger partial charge in [-0.15, -0.1) is 0 Å². The van der Waals surface area contributed by atoms with Crippen molar-refractivity contribution in [1.29, 1.82) is 0 Å². The van der Waals surface area contributed by atoms with Crippen LogP contribution in [0.2, 0.25) is 0 Å².